The molecule has 0 saturated heterocycles. The first-order chi connectivity index (χ1) is 7.21. The van der Waals surface area contributed by atoms with Crippen LogP contribution in [0.25, 0.3) is 0 Å². The van der Waals surface area contributed by atoms with Crippen molar-refractivity contribution in [3.63, 3.8) is 0 Å². The Morgan fingerprint density at radius 1 is 0.867 bits per heavy atom. The van der Waals surface area contributed by atoms with Gasteiger partial charge in [-0.15, -0.1) is 0 Å². The molecule has 3 unspecified atom stereocenters. The van der Waals surface area contributed by atoms with Crippen molar-refractivity contribution in [1.29, 1.82) is 0 Å². The Morgan fingerprint density at radius 3 is 1.93 bits per heavy atom. The lowest BCUT2D eigenvalue weighted by Crippen LogP contribution is -2.34. The minimum atomic E-state index is 0.418. The minimum absolute atomic E-state index is 0.418. The van der Waals surface area contributed by atoms with Crippen molar-refractivity contribution in [3.8, 4) is 0 Å². The van der Waals surface area contributed by atoms with Crippen LogP contribution in [0.5, 0.6) is 0 Å². The van der Waals surface area contributed by atoms with Crippen LogP contribution >= 0.6 is 0 Å². The maximum Gasteiger partial charge on any atom is 0.00670 e. The van der Waals surface area contributed by atoms with Crippen molar-refractivity contribution in [2.45, 2.75) is 78.7 Å². The van der Waals surface area contributed by atoms with Crippen molar-refractivity contribution in [2.75, 3.05) is 0 Å². The van der Waals surface area contributed by atoms with Gasteiger partial charge in [0, 0.05) is 6.04 Å². The van der Waals surface area contributed by atoms with Crippen LogP contribution in [0.4, 0.5) is 0 Å². The Kier molecular flexibility index (Phi) is 9.18. The third-order valence-electron chi connectivity index (χ3n) is 3.80. The van der Waals surface area contributed by atoms with Gasteiger partial charge in [-0.05, 0) is 18.3 Å². The second kappa shape index (κ2) is 9.21. The van der Waals surface area contributed by atoms with E-state index in [9.17, 15) is 0 Å². The van der Waals surface area contributed by atoms with E-state index in [0.29, 0.717) is 6.04 Å². The van der Waals surface area contributed by atoms with E-state index in [1.807, 2.05) is 0 Å². The number of rotatable bonds is 9. The molecule has 0 aromatic rings. The average Bonchev–Trinajstić information content (AvgIpc) is 2.27. The summed E-state index contributed by atoms with van der Waals surface area (Å²) in [5, 5.41) is 0. The number of hydrogen-bond donors (Lipinski definition) is 1. The zero-order chi connectivity index (χ0) is 11.7. The standard InChI is InChI=1S/C14H31N/c1-5-9-10-11-12(6-2)13(7-3)14(15)8-4/h12-14H,5-11,15H2,1-4H3. The molecule has 0 radical (unpaired) electrons. The Balaban J connectivity index is 4.08. The van der Waals surface area contributed by atoms with Gasteiger partial charge in [0.25, 0.3) is 0 Å². The molecule has 15 heavy (non-hydrogen) atoms. The molecular formula is C14H31N. The van der Waals surface area contributed by atoms with Gasteiger partial charge in [0.15, 0.2) is 0 Å². The molecule has 0 saturated carbocycles. The molecule has 0 aliphatic rings. The summed E-state index contributed by atoms with van der Waals surface area (Å²) in [6, 6.07) is 0.418. The van der Waals surface area contributed by atoms with Crippen molar-refractivity contribution < 1.29 is 0 Å². The molecule has 0 fully saturated rings. The molecule has 0 aliphatic heterocycles. The predicted octanol–water partition coefficient (Wildman–Crippen LogP) is 4.36. The molecular weight excluding hydrogens is 182 g/mol. The van der Waals surface area contributed by atoms with Gasteiger partial charge in [0.1, 0.15) is 0 Å². The quantitative estimate of drug-likeness (QED) is 0.566. The molecule has 0 rings (SSSR count). The van der Waals surface area contributed by atoms with Crippen LogP contribution in [0.1, 0.15) is 72.6 Å². The Hall–Kier alpha value is -0.0400. The van der Waals surface area contributed by atoms with Gasteiger partial charge in [-0.2, -0.15) is 0 Å². The molecule has 0 aromatic heterocycles. The van der Waals surface area contributed by atoms with Crippen LogP contribution in [0.3, 0.4) is 0 Å². The van der Waals surface area contributed by atoms with E-state index >= 15 is 0 Å². The molecule has 2 N–H and O–H groups in total. The van der Waals surface area contributed by atoms with Gasteiger partial charge in [0.05, 0.1) is 0 Å². The van der Waals surface area contributed by atoms with E-state index in [1.54, 1.807) is 0 Å². The van der Waals surface area contributed by atoms with Gasteiger partial charge in [-0.25, -0.2) is 0 Å². The topological polar surface area (TPSA) is 26.0 Å². The Labute approximate surface area is 96.8 Å². The van der Waals surface area contributed by atoms with Crippen LogP contribution in [0, 0.1) is 11.8 Å². The van der Waals surface area contributed by atoms with Gasteiger partial charge < -0.3 is 5.73 Å². The summed E-state index contributed by atoms with van der Waals surface area (Å²) in [7, 11) is 0. The maximum absolute atomic E-state index is 6.21. The third kappa shape index (κ3) is 5.55. The van der Waals surface area contributed by atoms with Gasteiger partial charge >= 0.3 is 0 Å². The van der Waals surface area contributed by atoms with E-state index in [1.165, 1.54) is 38.5 Å². The molecule has 1 heteroatoms. The summed E-state index contributed by atoms with van der Waals surface area (Å²) in [5.74, 6) is 1.60. The summed E-state index contributed by atoms with van der Waals surface area (Å²) in [6.45, 7) is 9.10. The van der Waals surface area contributed by atoms with E-state index in [2.05, 4.69) is 27.7 Å². The molecule has 92 valence electrons. The molecule has 0 amide bonds. The smallest absolute Gasteiger partial charge is 0.00670 e. The van der Waals surface area contributed by atoms with Gasteiger partial charge in [0.2, 0.25) is 0 Å². The second-order valence-electron chi connectivity index (χ2n) is 4.81. The molecule has 0 aromatic carbocycles. The third-order valence-corrected chi connectivity index (χ3v) is 3.80. The fourth-order valence-electron chi connectivity index (χ4n) is 2.67. The SMILES string of the molecule is CCCCCC(CC)C(CC)C(N)CC. The van der Waals surface area contributed by atoms with Crippen molar-refractivity contribution in [2.24, 2.45) is 17.6 Å². The van der Waals surface area contributed by atoms with E-state index in [0.717, 1.165) is 18.3 Å². The monoisotopic (exact) mass is 213 g/mol. The van der Waals surface area contributed by atoms with E-state index in [-0.39, 0.29) is 0 Å². The van der Waals surface area contributed by atoms with Crippen molar-refractivity contribution in [1.82, 2.24) is 0 Å². The minimum Gasteiger partial charge on any atom is -0.327 e. The lowest BCUT2D eigenvalue weighted by molar-refractivity contribution is 0.240. The molecule has 3 atom stereocenters. The first kappa shape index (κ1) is 15.0. The second-order valence-corrected chi connectivity index (χ2v) is 4.81. The van der Waals surface area contributed by atoms with Crippen molar-refractivity contribution in [3.05, 3.63) is 0 Å². The van der Waals surface area contributed by atoms with Crippen LogP contribution in [0.15, 0.2) is 0 Å². The lowest BCUT2D eigenvalue weighted by Gasteiger charge is -2.30. The van der Waals surface area contributed by atoms with E-state index < -0.39 is 0 Å². The molecule has 0 aliphatic carbocycles. The van der Waals surface area contributed by atoms with Crippen molar-refractivity contribution >= 4 is 0 Å². The molecule has 0 bridgehead atoms. The molecule has 0 spiro atoms. The highest BCUT2D eigenvalue weighted by atomic mass is 14.6. The average molecular weight is 213 g/mol. The van der Waals surface area contributed by atoms with Crippen LogP contribution in [0.2, 0.25) is 0 Å². The Morgan fingerprint density at radius 2 is 1.53 bits per heavy atom. The zero-order valence-electron chi connectivity index (χ0n) is 11.3. The first-order valence-corrected chi connectivity index (χ1v) is 6.96. The first-order valence-electron chi connectivity index (χ1n) is 6.96. The number of hydrogen-bond acceptors (Lipinski definition) is 1. The normalized spacial score (nSPS) is 17.4. The van der Waals surface area contributed by atoms with Gasteiger partial charge in [-0.3, -0.25) is 0 Å². The summed E-state index contributed by atoms with van der Waals surface area (Å²) in [5.41, 5.74) is 6.21. The number of nitrogens with two attached hydrogens (primary N) is 1. The summed E-state index contributed by atoms with van der Waals surface area (Å²) in [6.07, 6.45) is 9.16. The fourth-order valence-corrected chi connectivity index (χ4v) is 2.67. The van der Waals surface area contributed by atoms with Crippen LogP contribution < -0.4 is 5.73 Å². The highest BCUT2D eigenvalue weighted by molar-refractivity contribution is 4.77. The van der Waals surface area contributed by atoms with Gasteiger partial charge in [-0.1, -0.05) is 66.2 Å². The van der Waals surface area contributed by atoms with Crippen LogP contribution in [-0.4, -0.2) is 6.04 Å². The zero-order valence-corrected chi connectivity index (χ0v) is 11.3. The van der Waals surface area contributed by atoms with E-state index in [4.69, 9.17) is 5.73 Å². The Bertz CT molecular complexity index is 133. The summed E-state index contributed by atoms with van der Waals surface area (Å²) in [4.78, 5) is 0. The highest BCUT2D eigenvalue weighted by Crippen LogP contribution is 2.28. The maximum atomic E-state index is 6.21. The highest BCUT2D eigenvalue weighted by Gasteiger charge is 2.22. The largest absolute Gasteiger partial charge is 0.327 e. The summed E-state index contributed by atoms with van der Waals surface area (Å²) >= 11 is 0. The van der Waals surface area contributed by atoms with Crippen LogP contribution in [-0.2, 0) is 0 Å². The molecule has 1 nitrogen and oxygen atoms in total. The summed E-state index contributed by atoms with van der Waals surface area (Å²) < 4.78 is 0. The predicted molar refractivity (Wildman–Crippen MR) is 70.0 cm³/mol. The lowest BCUT2D eigenvalue weighted by atomic mass is 9.79. The fraction of sp³-hybridized carbons (Fsp3) is 1.00. The molecule has 0 heterocycles. The number of unbranched alkanes of at least 4 members (excludes halogenated alkanes) is 2.